The molecular formula is C2H3F4NO6S3. The maximum absolute atomic E-state index is 11.8. The molecule has 0 radical (unpaired) electrons. The molecular weight excluding hydrogens is 306 g/mol. The summed E-state index contributed by atoms with van der Waals surface area (Å²) in [5.41, 5.74) is -5.96. The van der Waals surface area contributed by atoms with Crippen LogP contribution >= 0.6 is 0 Å². The van der Waals surface area contributed by atoms with Gasteiger partial charge >= 0.3 is 25.8 Å². The Labute approximate surface area is 87.8 Å². The van der Waals surface area contributed by atoms with Crippen molar-refractivity contribution in [3.8, 4) is 0 Å². The van der Waals surface area contributed by atoms with Crippen LogP contribution in [-0.2, 0) is 30.3 Å². The highest BCUT2D eigenvalue weighted by molar-refractivity contribution is 8.11. The highest BCUT2D eigenvalue weighted by Gasteiger charge is 2.48. The number of hydrogen-bond donors (Lipinski definition) is 1. The first-order valence-corrected chi connectivity index (χ1v) is 7.60. The zero-order chi connectivity index (χ0) is 13.4. The molecule has 0 aromatic rings. The summed E-state index contributed by atoms with van der Waals surface area (Å²) in [5, 5.41) is -2.42. The zero-order valence-electron chi connectivity index (χ0n) is 6.89. The molecule has 16 heavy (non-hydrogen) atoms. The molecule has 1 N–H and O–H groups in total. The van der Waals surface area contributed by atoms with Crippen LogP contribution in [-0.4, -0.2) is 35.8 Å². The van der Waals surface area contributed by atoms with Crippen LogP contribution < -0.4 is 4.13 Å². The number of alkyl halides is 3. The molecule has 7 nitrogen and oxygen atoms in total. The average molecular weight is 309 g/mol. The number of rotatable bonds is 4. The van der Waals surface area contributed by atoms with Crippen molar-refractivity contribution in [2.24, 2.45) is 0 Å². The van der Waals surface area contributed by atoms with E-state index in [2.05, 4.69) is 0 Å². The SMILES string of the molecule is O=S(=O)(F)CS(=O)(=O)NS(=O)(=O)C(F)(F)F. The Morgan fingerprint density at radius 1 is 0.938 bits per heavy atom. The molecule has 0 unspecified atom stereocenters. The van der Waals surface area contributed by atoms with Gasteiger partial charge in [0.1, 0.15) is 0 Å². The number of sulfonamides is 2. The van der Waals surface area contributed by atoms with Crippen LogP contribution in [0.4, 0.5) is 17.1 Å². The molecule has 0 saturated carbocycles. The monoisotopic (exact) mass is 309 g/mol. The molecule has 0 spiro atoms. The fourth-order valence-corrected chi connectivity index (χ4v) is 4.25. The fraction of sp³-hybridized carbons (Fsp3) is 1.00. The largest absolute Gasteiger partial charge is 0.512 e. The summed E-state index contributed by atoms with van der Waals surface area (Å²) in [6.45, 7) is 0. The number of nitrogens with one attached hydrogen (secondary N) is 1. The predicted molar refractivity (Wildman–Crippen MR) is 41.9 cm³/mol. The summed E-state index contributed by atoms with van der Waals surface area (Å²) >= 11 is 0. The Balaban J connectivity index is 5.19. The Kier molecular flexibility index (Phi) is 3.96. The summed E-state index contributed by atoms with van der Waals surface area (Å²) in [5.74, 6) is 0. The van der Waals surface area contributed by atoms with Crippen LogP contribution in [0, 0.1) is 0 Å². The first kappa shape index (κ1) is 15.5. The van der Waals surface area contributed by atoms with Gasteiger partial charge in [-0.15, -0.1) is 8.01 Å². The number of halogens is 4. The van der Waals surface area contributed by atoms with Crippen molar-refractivity contribution in [2.75, 3.05) is 5.08 Å². The molecule has 0 rings (SSSR count). The van der Waals surface area contributed by atoms with Gasteiger partial charge in [-0.2, -0.15) is 21.6 Å². The Bertz CT molecular complexity index is 553. The van der Waals surface area contributed by atoms with Gasteiger partial charge in [-0.05, 0) is 0 Å². The van der Waals surface area contributed by atoms with Crippen molar-refractivity contribution in [3.05, 3.63) is 0 Å². The highest BCUT2D eigenvalue weighted by atomic mass is 32.3. The van der Waals surface area contributed by atoms with E-state index in [1.165, 1.54) is 0 Å². The van der Waals surface area contributed by atoms with Crippen molar-refractivity contribution in [1.29, 1.82) is 0 Å². The predicted octanol–water partition coefficient (Wildman–Crippen LogP) is -0.988. The average Bonchev–Trinajstić information content (AvgIpc) is 1.72. The van der Waals surface area contributed by atoms with Crippen LogP contribution in [0.5, 0.6) is 0 Å². The van der Waals surface area contributed by atoms with Crippen LogP contribution in [0.2, 0.25) is 0 Å². The molecule has 14 heteroatoms. The molecule has 0 aromatic carbocycles. The van der Waals surface area contributed by atoms with Crippen molar-refractivity contribution in [1.82, 2.24) is 4.13 Å². The third-order valence-electron chi connectivity index (χ3n) is 0.837. The van der Waals surface area contributed by atoms with E-state index in [1.807, 2.05) is 0 Å². The molecule has 0 fully saturated rings. The van der Waals surface area contributed by atoms with E-state index >= 15 is 0 Å². The summed E-state index contributed by atoms with van der Waals surface area (Å²) in [6.07, 6.45) is 0. The zero-order valence-corrected chi connectivity index (χ0v) is 9.34. The maximum Gasteiger partial charge on any atom is 0.512 e. The Hall–Kier alpha value is -0.470. The molecule has 0 saturated heterocycles. The van der Waals surface area contributed by atoms with Crippen LogP contribution in [0.1, 0.15) is 0 Å². The molecule has 0 aromatic heterocycles. The van der Waals surface area contributed by atoms with Gasteiger partial charge in [0.2, 0.25) is 10.0 Å². The first-order chi connectivity index (χ1) is 6.66. The van der Waals surface area contributed by atoms with E-state index in [9.17, 15) is 42.3 Å². The molecule has 0 aliphatic carbocycles. The van der Waals surface area contributed by atoms with Crippen molar-refractivity contribution < 1.29 is 42.3 Å². The summed E-state index contributed by atoms with van der Waals surface area (Å²) < 4.78 is 108. The third-order valence-corrected chi connectivity index (χ3v) is 5.71. The second-order valence-electron chi connectivity index (χ2n) is 2.30. The van der Waals surface area contributed by atoms with Gasteiger partial charge in [0.05, 0.1) is 0 Å². The lowest BCUT2D eigenvalue weighted by atomic mass is 11.6. The molecule has 0 atom stereocenters. The van der Waals surface area contributed by atoms with Gasteiger partial charge in [0.25, 0.3) is 0 Å². The van der Waals surface area contributed by atoms with Crippen molar-refractivity contribution >= 4 is 30.3 Å². The fourth-order valence-electron chi connectivity index (χ4n) is 0.424. The topological polar surface area (TPSA) is 114 Å². The maximum atomic E-state index is 11.8. The minimum atomic E-state index is -6.30. The molecule has 98 valence electrons. The van der Waals surface area contributed by atoms with Crippen LogP contribution in [0.3, 0.4) is 0 Å². The van der Waals surface area contributed by atoms with Gasteiger partial charge in [-0.1, -0.05) is 0 Å². The standard InChI is InChI=1S/C2H3F4NO6S3/c3-2(4,5)16(12,13)7-15(10,11)1-14(6,8)9/h7H,1H2. The summed E-state index contributed by atoms with van der Waals surface area (Å²) in [6, 6.07) is 0. The summed E-state index contributed by atoms with van der Waals surface area (Å²) in [4.78, 5) is 0. The molecule has 0 aliphatic heterocycles. The molecule has 0 aliphatic rings. The Morgan fingerprint density at radius 3 is 1.56 bits per heavy atom. The second kappa shape index (κ2) is 4.08. The lowest BCUT2D eigenvalue weighted by Crippen LogP contribution is -2.41. The van der Waals surface area contributed by atoms with E-state index in [4.69, 9.17) is 0 Å². The lowest BCUT2D eigenvalue weighted by molar-refractivity contribution is -0.0441. The van der Waals surface area contributed by atoms with Gasteiger partial charge in [-0.3, -0.25) is 0 Å². The van der Waals surface area contributed by atoms with E-state index in [0.717, 1.165) is 0 Å². The van der Waals surface area contributed by atoms with Crippen molar-refractivity contribution in [2.45, 2.75) is 5.51 Å². The smallest absolute Gasteiger partial charge is 0.210 e. The van der Waals surface area contributed by atoms with Crippen molar-refractivity contribution in [3.63, 3.8) is 0 Å². The number of hydrogen-bond acceptors (Lipinski definition) is 6. The normalized spacial score (nSPS) is 15.0. The van der Waals surface area contributed by atoms with Gasteiger partial charge in [0.15, 0.2) is 5.08 Å². The third kappa shape index (κ3) is 5.04. The van der Waals surface area contributed by atoms with E-state index in [1.54, 1.807) is 0 Å². The second-order valence-corrected chi connectivity index (χ2v) is 7.69. The highest BCUT2D eigenvalue weighted by Crippen LogP contribution is 2.22. The van der Waals surface area contributed by atoms with Crippen LogP contribution in [0.15, 0.2) is 0 Å². The molecule has 0 heterocycles. The summed E-state index contributed by atoms with van der Waals surface area (Å²) in [7, 11) is -17.5. The Morgan fingerprint density at radius 2 is 1.31 bits per heavy atom. The quantitative estimate of drug-likeness (QED) is 0.527. The molecule has 0 amide bonds. The van der Waals surface area contributed by atoms with Gasteiger partial charge < -0.3 is 0 Å². The minimum absolute atomic E-state index is 0.0294. The first-order valence-electron chi connectivity index (χ1n) is 2.91. The van der Waals surface area contributed by atoms with Gasteiger partial charge in [-0.25, -0.2) is 16.8 Å². The van der Waals surface area contributed by atoms with Gasteiger partial charge in [0, 0.05) is 0 Å². The van der Waals surface area contributed by atoms with E-state index in [0.29, 0.717) is 0 Å². The van der Waals surface area contributed by atoms with E-state index < -0.39 is 40.9 Å². The van der Waals surface area contributed by atoms with Crippen LogP contribution in [0.25, 0.3) is 0 Å². The minimum Gasteiger partial charge on any atom is -0.210 e. The molecule has 0 bridgehead atoms. The van der Waals surface area contributed by atoms with E-state index in [-0.39, 0.29) is 4.13 Å². The lowest BCUT2D eigenvalue weighted by Gasteiger charge is -2.08.